The molecule has 0 bridgehead atoms. The number of rotatable bonds is 6. The van der Waals surface area contributed by atoms with Gasteiger partial charge in [0.25, 0.3) is 11.8 Å². The number of carbonyl (C=O) groups is 3. The van der Waals surface area contributed by atoms with Gasteiger partial charge in [-0.25, -0.2) is 4.98 Å². The van der Waals surface area contributed by atoms with E-state index in [1.165, 1.54) is 23.5 Å². The number of nitrogens with zero attached hydrogens (tertiary/aromatic N) is 1. The fourth-order valence-electron chi connectivity index (χ4n) is 1.96. The van der Waals surface area contributed by atoms with Crippen molar-refractivity contribution in [1.82, 2.24) is 10.3 Å². The van der Waals surface area contributed by atoms with Crippen LogP contribution >= 0.6 is 11.3 Å². The highest BCUT2D eigenvalue weighted by molar-refractivity contribution is 7.13. The Labute approximate surface area is 142 Å². The third-order valence-corrected chi connectivity index (χ3v) is 4.46. The Hall–Kier alpha value is -2.74. The van der Waals surface area contributed by atoms with Crippen molar-refractivity contribution in [2.75, 3.05) is 11.9 Å². The van der Waals surface area contributed by atoms with E-state index in [9.17, 15) is 14.4 Å². The smallest absolute Gasteiger partial charge is 0.322 e. The second-order valence-electron chi connectivity index (χ2n) is 4.98. The number of carboxylic acids is 1. The van der Waals surface area contributed by atoms with Gasteiger partial charge in [-0.3, -0.25) is 14.4 Å². The number of aromatic nitrogens is 1. The predicted octanol–water partition coefficient (Wildman–Crippen LogP) is 2.08. The van der Waals surface area contributed by atoms with Gasteiger partial charge in [0.2, 0.25) is 0 Å². The molecular formula is C16H17N3O4S. The highest BCUT2D eigenvalue weighted by Crippen LogP contribution is 2.20. The number of benzene rings is 1. The van der Waals surface area contributed by atoms with E-state index in [2.05, 4.69) is 15.6 Å². The molecule has 0 radical (unpaired) electrons. The Morgan fingerprint density at radius 3 is 2.38 bits per heavy atom. The number of carboxylic acid groups (broad SMARTS) is 1. The average Bonchev–Trinajstić information content (AvgIpc) is 2.94. The quantitative estimate of drug-likeness (QED) is 0.741. The molecule has 2 rings (SSSR count). The van der Waals surface area contributed by atoms with Crippen LogP contribution in [0.15, 0.2) is 24.3 Å². The minimum Gasteiger partial charge on any atom is -0.480 e. The van der Waals surface area contributed by atoms with Crippen LogP contribution in [0, 0.1) is 6.92 Å². The Morgan fingerprint density at radius 1 is 1.17 bits per heavy atom. The molecule has 24 heavy (non-hydrogen) atoms. The molecule has 1 heterocycles. The lowest BCUT2D eigenvalue weighted by molar-refractivity contribution is -0.135. The monoisotopic (exact) mass is 347 g/mol. The first kappa shape index (κ1) is 17.6. The number of nitrogens with one attached hydrogen (secondary N) is 2. The lowest BCUT2D eigenvalue weighted by Crippen LogP contribution is -2.29. The molecule has 0 aliphatic heterocycles. The van der Waals surface area contributed by atoms with Gasteiger partial charge in [0.05, 0.1) is 10.7 Å². The molecule has 7 nitrogen and oxygen atoms in total. The fourth-order valence-corrected chi connectivity index (χ4v) is 2.86. The standard InChI is InChI=1S/C16H17N3O4S/c1-3-12-18-9(2)14(24-12)16(23)19-11-6-4-10(5-7-11)15(22)17-8-13(20)21/h4-7H,3,8H2,1-2H3,(H,17,22)(H,19,23)(H,20,21). The van der Waals surface area contributed by atoms with Gasteiger partial charge in [0.15, 0.2) is 0 Å². The molecule has 0 atom stereocenters. The summed E-state index contributed by atoms with van der Waals surface area (Å²) >= 11 is 1.36. The lowest BCUT2D eigenvalue weighted by atomic mass is 10.2. The zero-order chi connectivity index (χ0) is 17.7. The second kappa shape index (κ2) is 7.69. The number of aliphatic carboxylic acids is 1. The van der Waals surface area contributed by atoms with Crippen molar-refractivity contribution in [1.29, 1.82) is 0 Å². The summed E-state index contributed by atoms with van der Waals surface area (Å²) in [5.74, 6) is -1.84. The van der Waals surface area contributed by atoms with E-state index >= 15 is 0 Å². The first-order chi connectivity index (χ1) is 11.4. The highest BCUT2D eigenvalue weighted by atomic mass is 32.1. The number of aryl methyl sites for hydroxylation is 2. The Kier molecular flexibility index (Phi) is 5.64. The number of carbonyl (C=O) groups excluding carboxylic acids is 2. The summed E-state index contributed by atoms with van der Waals surface area (Å²) in [4.78, 5) is 39.3. The van der Waals surface area contributed by atoms with Gasteiger partial charge in [0, 0.05) is 11.3 Å². The minimum absolute atomic E-state index is 0.243. The summed E-state index contributed by atoms with van der Waals surface area (Å²) < 4.78 is 0. The van der Waals surface area contributed by atoms with E-state index in [0.717, 1.165) is 11.4 Å². The molecule has 8 heteroatoms. The number of hydrogen-bond acceptors (Lipinski definition) is 5. The molecule has 0 saturated heterocycles. The van der Waals surface area contributed by atoms with Crippen LogP contribution in [0.2, 0.25) is 0 Å². The van der Waals surface area contributed by atoms with Crippen LogP contribution in [0.1, 0.15) is 37.7 Å². The first-order valence-corrected chi connectivity index (χ1v) is 8.10. The van der Waals surface area contributed by atoms with Crippen molar-refractivity contribution >= 4 is 34.8 Å². The summed E-state index contributed by atoms with van der Waals surface area (Å²) in [5.41, 5.74) is 1.55. The molecule has 1 aromatic carbocycles. The van der Waals surface area contributed by atoms with Crippen LogP contribution in [-0.2, 0) is 11.2 Å². The maximum Gasteiger partial charge on any atom is 0.322 e. The van der Waals surface area contributed by atoms with Gasteiger partial charge < -0.3 is 15.7 Å². The van der Waals surface area contributed by atoms with Gasteiger partial charge in [-0.15, -0.1) is 11.3 Å². The van der Waals surface area contributed by atoms with Gasteiger partial charge in [-0.2, -0.15) is 0 Å². The third kappa shape index (κ3) is 4.39. The van der Waals surface area contributed by atoms with E-state index in [-0.39, 0.29) is 5.91 Å². The van der Waals surface area contributed by atoms with Crippen LogP contribution in [0.5, 0.6) is 0 Å². The van der Waals surface area contributed by atoms with E-state index in [4.69, 9.17) is 5.11 Å². The average molecular weight is 347 g/mol. The zero-order valence-electron chi connectivity index (χ0n) is 13.3. The van der Waals surface area contributed by atoms with Crippen LogP contribution in [0.4, 0.5) is 5.69 Å². The van der Waals surface area contributed by atoms with E-state index in [1.807, 2.05) is 6.92 Å². The molecule has 2 aromatic rings. The summed E-state index contributed by atoms with van der Waals surface area (Å²) in [5, 5.41) is 14.5. The Morgan fingerprint density at radius 2 is 1.83 bits per heavy atom. The van der Waals surface area contributed by atoms with Crippen molar-refractivity contribution < 1.29 is 19.5 Å². The minimum atomic E-state index is -1.11. The van der Waals surface area contributed by atoms with Gasteiger partial charge in [-0.05, 0) is 37.6 Å². The highest BCUT2D eigenvalue weighted by Gasteiger charge is 2.15. The van der Waals surface area contributed by atoms with Gasteiger partial charge in [0.1, 0.15) is 11.4 Å². The van der Waals surface area contributed by atoms with Crippen LogP contribution < -0.4 is 10.6 Å². The molecule has 0 fully saturated rings. The molecule has 3 N–H and O–H groups in total. The van der Waals surface area contributed by atoms with Crippen molar-refractivity contribution in [2.24, 2.45) is 0 Å². The zero-order valence-corrected chi connectivity index (χ0v) is 14.1. The summed E-state index contributed by atoms with van der Waals surface area (Å²) in [7, 11) is 0. The van der Waals surface area contributed by atoms with E-state index in [1.54, 1.807) is 19.1 Å². The molecule has 126 valence electrons. The van der Waals surface area contributed by atoms with Crippen LogP contribution in [0.3, 0.4) is 0 Å². The van der Waals surface area contributed by atoms with Gasteiger partial charge >= 0.3 is 5.97 Å². The molecule has 1 aromatic heterocycles. The van der Waals surface area contributed by atoms with E-state index in [0.29, 0.717) is 21.8 Å². The predicted molar refractivity (Wildman–Crippen MR) is 90.6 cm³/mol. The number of thiazole rings is 1. The molecule has 0 unspecified atom stereocenters. The third-order valence-electron chi connectivity index (χ3n) is 3.15. The Balaban J connectivity index is 2.03. The SMILES string of the molecule is CCc1nc(C)c(C(=O)Nc2ccc(C(=O)NCC(=O)O)cc2)s1. The van der Waals surface area contributed by atoms with Crippen LogP contribution in [0.25, 0.3) is 0 Å². The molecular weight excluding hydrogens is 330 g/mol. The molecule has 2 amide bonds. The number of anilines is 1. The molecule has 0 spiro atoms. The maximum absolute atomic E-state index is 12.3. The maximum atomic E-state index is 12.3. The van der Waals surface area contributed by atoms with Crippen LogP contribution in [-0.4, -0.2) is 34.4 Å². The lowest BCUT2D eigenvalue weighted by Gasteiger charge is -2.06. The summed E-state index contributed by atoms with van der Waals surface area (Å²) in [6.45, 7) is 3.33. The van der Waals surface area contributed by atoms with E-state index < -0.39 is 18.4 Å². The topological polar surface area (TPSA) is 108 Å². The van der Waals surface area contributed by atoms with Crippen molar-refractivity contribution in [2.45, 2.75) is 20.3 Å². The number of hydrogen-bond donors (Lipinski definition) is 3. The summed E-state index contributed by atoms with van der Waals surface area (Å²) in [6, 6.07) is 6.21. The second-order valence-corrected chi connectivity index (χ2v) is 6.07. The Bertz CT molecular complexity index is 768. The van der Waals surface area contributed by atoms with Gasteiger partial charge in [-0.1, -0.05) is 6.92 Å². The van der Waals surface area contributed by atoms with Crippen molar-refractivity contribution in [3.05, 3.63) is 45.4 Å². The molecule has 0 aliphatic carbocycles. The largest absolute Gasteiger partial charge is 0.480 e. The normalized spacial score (nSPS) is 10.2. The molecule has 0 saturated carbocycles. The fraction of sp³-hybridized carbons (Fsp3) is 0.250. The first-order valence-electron chi connectivity index (χ1n) is 7.28. The van der Waals surface area contributed by atoms with Crippen molar-refractivity contribution in [3.8, 4) is 0 Å². The van der Waals surface area contributed by atoms with Crippen molar-refractivity contribution in [3.63, 3.8) is 0 Å². The number of amides is 2. The summed E-state index contributed by atoms with van der Waals surface area (Å²) in [6.07, 6.45) is 0.777. The molecule has 0 aliphatic rings.